The minimum atomic E-state index is -1.40. The molecule has 1 aromatic rings. The molecule has 0 aromatic heterocycles. The number of para-hydroxylation sites is 1. The fourth-order valence-electron chi connectivity index (χ4n) is 7.47. The first-order chi connectivity index (χ1) is 14.0. The molecule has 6 atom stereocenters. The number of anilines is 1. The number of benzene rings is 1. The third kappa shape index (κ3) is 1.41. The smallest absolute Gasteiger partial charge is 0.320 e. The molecule has 1 aliphatic carbocycles. The van der Waals surface area contributed by atoms with Crippen molar-refractivity contribution < 1.29 is 23.8 Å². The van der Waals surface area contributed by atoms with Gasteiger partial charge in [0.25, 0.3) is 0 Å². The summed E-state index contributed by atoms with van der Waals surface area (Å²) < 4.78 is 18.3. The molecule has 0 radical (unpaired) electrons. The molecule has 6 rings (SSSR count). The number of nitrogens with zero attached hydrogens (tertiary/aromatic N) is 1. The van der Waals surface area contributed by atoms with E-state index in [1.165, 1.54) is 7.11 Å². The van der Waals surface area contributed by atoms with Crippen LogP contribution in [0.4, 0.5) is 5.69 Å². The maximum atomic E-state index is 13.6. The van der Waals surface area contributed by atoms with Gasteiger partial charge < -0.3 is 24.3 Å². The second kappa shape index (κ2) is 5.09. The van der Waals surface area contributed by atoms with Crippen LogP contribution in [0, 0.1) is 11.3 Å². The topological polar surface area (TPSA) is 77.1 Å². The van der Waals surface area contributed by atoms with Crippen molar-refractivity contribution in [2.45, 2.75) is 42.9 Å². The van der Waals surface area contributed by atoms with Crippen LogP contribution in [0.2, 0.25) is 0 Å². The predicted octanol–water partition coefficient (Wildman–Crippen LogP) is 1.79. The first-order valence-corrected chi connectivity index (χ1v) is 10.1. The zero-order valence-corrected chi connectivity index (χ0v) is 16.7. The number of hydrogen-bond donors (Lipinski definition) is 1. The van der Waals surface area contributed by atoms with Gasteiger partial charge in [0.05, 0.1) is 12.5 Å². The predicted molar refractivity (Wildman–Crippen MR) is 103 cm³/mol. The summed E-state index contributed by atoms with van der Waals surface area (Å²) in [6, 6.07) is 7.88. The lowest BCUT2D eigenvalue weighted by Gasteiger charge is -2.67. The Morgan fingerprint density at radius 2 is 2.10 bits per heavy atom. The molecular formula is C22H24N2O5. The highest BCUT2D eigenvalue weighted by atomic mass is 16.6. The van der Waals surface area contributed by atoms with E-state index in [1.54, 1.807) is 7.11 Å². The standard InChI is InChI=1S/C22H24N2O5/c1-4-13-11-24-17-10-20-14-7-5-6-8-16(14)23-22(20,29-17)21(24,28-3)9-15(13)19(20,12-25)18(26)27-2/h4-8,12,15,17,23H,9-11H2,1-3H3. The Labute approximate surface area is 169 Å². The molecule has 29 heavy (non-hydrogen) atoms. The van der Waals surface area contributed by atoms with Gasteiger partial charge in [-0.3, -0.25) is 4.79 Å². The van der Waals surface area contributed by atoms with Crippen molar-refractivity contribution in [2.24, 2.45) is 11.3 Å². The molecule has 4 fully saturated rings. The Morgan fingerprint density at radius 3 is 2.79 bits per heavy atom. The van der Waals surface area contributed by atoms with Crippen LogP contribution in [-0.2, 0) is 29.2 Å². The number of esters is 1. The minimum absolute atomic E-state index is 0.254. The van der Waals surface area contributed by atoms with Crippen LogP contribution in [0.3, 0.4) is 0 Å². The third-order valence-electron chi connectivity index (χ3n) is 8.41. The fraction of sp³-hybridized carbons (Fsp3) is 0.545. The summed E-state index contributed by atoms with van der Waals surface area (Å²) in [5, 5.41) is 3.60. The molecule has 6 unspecified atom stereocenters. The SMILES string of the molecule is CC=C1CN2C3CC45c6ccccc6NC4(O3)C2(OC)CC1C5(C=O)C(=O)OC. The second-order valence-corrected chi connectivity index (χ2v) is 8.75. The Hall–Kier alpha value is -2.22. The van der Waals surface area contributed by atoms with Crippen molar-refractivity contribution in [1.29, 1.82) is 0 Å². The Bertz CT molecular complexity index is 993. The van der Waals surface area contributed by atoms with Crippen LogP contribution < -0.4 is 5.32 Å². The van der Waals surface area contributed by atoms with E-state index in [0.29, 0.717) is 19.4 Å². The summed E-state index contributed by atoms with van der Waals surface area (Å²) in [7, 11) is 3.06. The molecule has 4 bridgehead atoms. The number of carbonyl (C=O) groups excluding carboxylic acids is 2. The summed E-state index contributed by atoms with van der Waals surface area (Å²) in [6.07, 6.45) is 3.63. The van der Waals surface area contributed by atoms with E-state index in [2.05, 4.69) is 10.2 Å². The van der Waals surface area contributed by atoms with Crippen LogP contribution in [0.25, 0.3) is 0 Å². The van der Waals surface area contributed by atoms with Crippen molar-refractivity contribution in [1.82, 2.24) is 4.90 Å². The highest BCUT2D eigenvalue weighted by molar-refractivity contribution is 5.99. The number of fused-ring (bicyclic) bond motifs is 4. The van der Waals surface area contributed by atoms with Crippen molar-refractivity contribution >= 4 is 17.9 Å². The zero-order chi connectivity index (χ0) is 20.2. The molecule has 3 saturated heterocycles. The van der Waals surface area contributed by atoms with Gasteiger partial charge in [-0.2, -0.15) is 0 Å². The summed E-state index contributed by atoms with van der Waals surface area (Å²) in [6.45, 7) is 2.56. The Balaban J connectivity index is 1.78. The van der Waals surface area contributed by atoms with Crippen LogP contribution in [0.5, 0.6) is 0 Å². The molecular weight excluding hydrogens is 372 g/mol. The lowest BCUT2D eigenvalue weighted by molar-refractivity contribution is -0.265. The van der Waals surface area contributed by atoms with E-state index >= 15 is 0 Å². The maximum absolute atomic E-state index is 13.6. The first kappa shape index (κ1) is 17.6. The van der Waals surface area contributed by atoms with Gasteiger partial charge in [0.15, 0.2) is 11.4 Å². The van der Waals surface area contributed by atoms with Crippen molar-refractivity contribution in [3.8, 4) is 0 Å². The normalized spacial score (nSPS) is 47.1. The quantitative estimate of drug-likeness (QED) is 0.361. The number of methoxy groups -OCH3 is 2. The molecule has 152 valence electrons. The molecule has 1 spiro atoms. The third-order valence-corrected chi connectivity index (χ3v) is 8.41. The summed E-state index contributed by atoms with van der Waals surface area (Å²) >= 11 is 0. The molecule has 7 heteroatoms. The zero-order valence-electron chi connectivity index (χ0n) is 16.7. The van der Waals surface area contributed by atoms with Crippen molar-refractivity contribution in [2.75, 3.05) is 26.1 Å². The van der Waals surface area contributed by atoms with Gasteiger partial charge in [0, 0.05) is 38.1 Å². The van der Waals surface area contributed by atoms with Gasteiger partial charge >= 0.3 is 5.97 Å². The number of ether oxygens (including phenoxy) is 3. The summed E-state index contributed by atoms with van der Waals surface area (Å²) in [5.74, 6) is -0.818. The number of piperidine rings is 2. The van der Waals surface area contributed by atoms with Crippen LogP contribution >= 0.6 is 0 Å². The molecule has 4 aliphatic heterocycles. The second-order valence-electron chi connectivity index (χ2n) is 8.75. The minimum Gasteiger partial charge on any atom is -0.468 e. The van der Waals surface area contributed by atoms with E-state index in [1.807, 2.05) is 37.3 Å². The number of allylic oxidation sites excluding steroid dienone is 1. The van der Waals surface area contributed by atoms with Gasteiger partial charge in [-0.1, -0.05) is 29.8 Å². The molecule has 1 saturated carbocycles. The average Bonchev–Trinajstić information content (AvgIpc) is 3.34. The van der Waals surface area contributed by atoms with E-state index in [9.17, 15) is 9.59 Å². The lowest BCUT2D eigenvalue weighted by Crippen LogP contribution is -2.84. The van der Waals surface area contributed by atoms with Gasteiger partial charge in [-0.25, -0.2) is 4.90 Å². The van der Waals surface area contributed by atoms with Crippen molar-refractivity contribution in [3.63, 3.8) is 0 Å². The van der Waals surface area contributed by atoms with Gasteiger partial charge in [-0.05, 0) is 18.6 Å². The van der Waals surface area contributed by atoms with Gasteiger partial charge in [-0.15, -0.1) is 0 Å². The Kier molecular flexibility index (Phi) is 3.09. The van der Waals surface area contributed by atoms with E-state index in [4.69, 9.17) is 14.2 Å². The van der Waals surface area contributed by atoms with Crippen LogP contribution in [0.15, 0.2) is 35.9 Å². The maximum Gasteiger partial charge on any atom is 0.320 e. The monoisotopic (exact) mass is 396 g/mol. The van der Waals surface area contributed by atoms with Crippen LogP contribution in [-0.4, -0.2) is 55.6 Å². The Morgan fingerprint density at radius 1 is 1.31 bits per heavy atom. The highest BCUT2D eigenvalue weighted by Crippen LogP contribution is 2.78. The number of hydrogen-bond acceptors (Lipinski definition) is 7. The van der Waals surface area contributed by atoms with Gasteiger partial charge in [0.1, 0.15) is 17.9 Å². The number of nitrogens with one attached hydrogen (secondary N) is 1. The first-order valence-electron chi connectivity index (χ1n) is 10.1. The highest BCUT2D eigenvalue weighted by Gasteiger charge is 2.92. The van der Waals surface area contributed by atoms with E-state index in [-0.39, 0.29) is 12.1 Å². The molecule has 5 aliphatic rings. The molecule has 7 nitrogen and oxygen atoms in total. The average molecular weight is 396 g/mol. The molecule has 1 aromatic carbocycles. The lowest BCUT2D eigenvalue weighted by atomic mass is 9.41. The number of rotatable bonds is 3. The van der Waals surface area contributed by atoms with E-state index in [0.717, 1.165) is 23.1 Å². The molecule has 4 heterocycles. The van der Waals surface area contributed by atoms with E-state index < -0.39 is 28.2 Å². The largest absolute Gasteiger partial charge is 0.468 e. The summed E-state index contributed by atoms with van der Waals surface area (Å²) in [4.78, 5) is 28.9. The summed E-state index contributed by atoms with van der Waals surface area (Å²) in [5.41, 5.74) is -1.24. The fourth-order valence-corrected chi connectivity index (χ4v) is 7.47. The number of carbonyl (C=O) groups is 2. The van der Waals surface area contributed by atoms with Crippen molar-refractivity contribution in [3.05, 3.63) is 41.5 Å². The van der Waals surface area contributed by atoms with Crippen LogP contribution in [0.1, 0.15) is 25.3 Å². The molecule has 0 amide bonds. The molecule has 1 N–H and O–H groups in total. The van der Waals surface area contributed by atoms with Gasteiger partial charge in [0.2, 0.25) is 0 Å². The number of aldehydes is 1.